The molecule has 0 unspecified atom stereocenters. The largest absolute Gasteiger partial charge is 0.506 e. The molecule has 0 aliphatic rings. The summed E-state index contributed by atoms with van der Waals surface area (Å²) in [7, 11) is 0. The predicted molar refractivity (Wildman–Crippen MR) is 69.9 cm³/mol. The third kappa shape index (κ3) is 4.52. The van der Waals surface area contributed by atoms with Crippen molar-refractivity contribution in [2.24, 2.45) is 5.73 Å². The molecule has 7 heteroatoms. The normalized spacial score (nSPS) is 9.15. The van der Waals surface area contributed by atoms with Gasteiger partial charge in [0.25, 0.3) is 0 Å². The van der Waals surface area contributed by atoms with E-state index in [1.54, 1.807) is 0 Å². The van der Waals surface area contributed by atoms with Gasteiger partial charge in [0.15, 0.2) is 11.6 Å². The molecule has 0 saturated carbocycles. The van der Waals surface area contributed by atoms with Crippen LogP contribution in [0.3, 0.4) is 0 Å². The molecule has 0 aliphatic heterocycles. The first-order valence-electron chi connectivity index (χ1n) is 5.46. The van der Waals surface area contributed by atoms with Gasteiger partial charge in [-0.05, 0) is 26.0 Å². The third-order valence-electron chi connectivity index (χ3n) is 2.14. The highest BCUT2D eigenvalue weighted by atomic mass is 16.4. The van der Waals surface area contributed by atoms with Crippen molar-refractivity contribution in [2.75, 3.05) is 0 Å². The molecule has 0 spiro atoms. The molecule has 0 aromatic heterocycles. The zero-order valence-corrected chi connectivity index (χ0v) is 11.3. The fourth-order valence-corrected chi connectivity index (χ4v) is 1.41. The number of rotatable bonds is 3. The lowest BCUT2D eigenvalue weighted by molar-refractivity contribution is -0.115. The smallest absolute Gasteiger partial charge is 0.339 e. The highest BCUT2D eigenvalue weighted by molar-refractivity contribution is 6.11. The van der Waals surface area contributed by atoms with E-state index in [1.165, 1.54) is 19.9 Å². The summed E-state index contributed by atoms with van der Waals surface area (Å²) < 4.78 is 0. The maximum absolute atomic E-state index is 11.3. The van der Waals surface area contributed by atoms with Crippen LogP contribution in [-0.4, -0.2) is 33.7 Å². The number of primary amides is 1. The number of phenols is 1. The van der Waals surface area contributed by atoms with Crippen molar-refractivity contribution in [1.29, 1.82) is 0 Å². The third-order valence-corrected chi connectivity index (χ3v) is 2.14. The van der Waals surface area contributed by atoms with Gasteiger partial charge >= 0.3 is 5.97 Å². The quantitative estimate of drug-likeness (QED) is 0.707. The number of carboxylic acid groups (broad SMARTS) is 1. The second-order valence-electron chi connectivity index (χ2n) is 3.91. The maximum atomic E-state index is 11.3. The Labute approximate surface area is 115 Å². The average Bonchev–Trinajstić information content (AvgIpc) is 2.26. The van der Waals surface area contributed by atoms with E-state index < -0.39 is 28.8 Å². The molecular weight excluding hydrogens is 266 g/mol. The molecule has 0 atom stereocenters. The van der Waals surface area contributed by atoms with Crippen LogP contribution in [0.1, 0.15) is 51.8 Å². The Hall–Kier alpha value is -2.70. The first-order valence-corrected chi connectivity index (χ1v) is 5.46. The van der Waals surface area contributed by atoms with Crippen LogP contribution in [0.2, 0.25) is 0 Å². The Bertz CT molecular complexity index is 572. The number of amides is 1. The SMILES string of the molecule is CC(=O)c1ccc(C(=O)O)c(O)c1C(C)=O.CC(N)=O. The molecule has 0 bridgehead atoms. The van der Waals surface area contributed by atoms with Crippen molar-refractivity contribution in [3.8, 4) is 5.75 Å². The lowest BCUT2D eigenvalue weighted by Crippen LogP contribution is -2.08. The van der Waals surface area contributed by atoms with Gasteiger partial charge in [-0.25, -0.2) is 4.79 Å². The van der Waals surface area contributed by atoms with E-state index in [0.717, 1.165) is 13.0 Å². The zero-order chi connectivity index (χ0) is 16.0. The van der Waals surface area contributed by atoms with Crippen molar-refractivity contribution in [3.63, 3.8) is 0 Å². The van der Waals surface area contributed by atoms with Gasteiger partial charge in [0.1, 0.15) is 11.3 Å². The standard InChI is InChI=1S/C11H10O5.C2H5NO/c1-5(12)7-3-4-8(11(15)16)10(14)9(7)6(2)13;1-2(3)4/h3-4,14H,1-2H3,(H,15,16);1H3,(H2,3,4). The number of carboxylic acids is 1. The summed E-state index contributed by atoms with van der Waals surface area (Å²) in [6.45, 7) is 3.70. The number of aromatic hydroxyl groups is 1. The second kappa shape index (κ2) is 7.03. The number of hydrogen-bond acceptors (Lipinski definition) is 5. The van der Waals surface area contributed by atoms with Crippen molar-refractivity contribution in [2.45, 2.75) is 20.8 Å². The van der Waals surface area contributed by atoms with Gasteiger partial charge in [-0.3, -0.25) is 14.4 Å². The average molecular weight is 281 g/mol. The summed E-state index contributed by atoms with van der Waals surface area (Å²) in [5.41, 5.74) is 3.86. The monoisotopic (exact) mass is 281 g/mol. The second-order valence-corrected chi connectivity index (χ2v) is 3.91. The number of carbonyl (C=O) groups is 4. The minimum atomic E-state index is -1.35. The molecule has 7 nitrogen and oxygen atoms in total. The van der Waals surface area contributed by atoms with Crippen LogP contribution < -0.4 is 5.73 Å². The molecule has 0 saturated heterocycles. The van der Waals surface area contributed by atoms with Gasteiger partial charge in [0, 0.05) is 12.5 Å². The van der Waals surface area contributed by atoms with Crippen LogP contribution in [0.15, 0.2) is 12.1 Å². The molecule has 1 amide bonds. The van der Waals surface area contributed by atoms with Crippen molar-refractivity contribution < 1.29 is 29.4 Å². The number of carbonyl (C=O) groups excluding carboxylic acids is 3. The minimum absolute atomic E-state index is 0.0231. The molecule has 0 aliphatic carbocycles. The topological polar surface area (TPSA) is 135 Å². The molecule has 0 heterocycles. The summed E-state index contributed by atoms with van der Waals surface area (Å²) in [5, 5.41) is 18.4. The Balaban J connectivity index is 0.000000796. The molecule has 1 rings (SSSR count). The summed E-state index contributed by atoms with van der Waals surface area (Å²) in [4.78, 5) is 42.4. The molecular formula is C13H15NO6. The Kier molecular flexibility index (Phi) is 6.08. The van der Waals surface area contributed by atoms with Gasteiger partial charge in [-0.1, -0.05) is 0 Å². The molecule has 0 radical (unpaired) electrons. The fraction of sp³-hybridized carbons (Fsp3) is 0.231. The lowest BCUT2D eigenvalue weighted by atomic mass is 9.97. The zero-order valence-electron chi connectivity index (χ0n) is 11.3. The van der Waals surface area contributed by atoms with Gasteiger partial charge in [-0.15, -0.1) is 0 Å². The van der Waals surface area contributed by atoms with E-state index in [2.05, 4.69) is 5.73 Å². The molecule has 20 heavy (non-hydrogen) atoms. The van der Waals surface area contributed by atoms with Crippen molar-refractivity contribution in [1.82, 2.24) is 0 Å². The molecule has 1 aromatic carbocycles. The van der Waals surface area contributed by atoms with E-state index in [0.29, 0.717) is 0 Å². The minimum Gasteiger partial charge on any atom is -0.506 e. The first kappa shape index (κ1) is 17.3. The number of ketones is 2. The summed E-state index contributed by atoms with van der Waals surface area (Å²) in [6, 6.07) is 2.32. The molecule has 1 aromatic rings. The Morgan fingerprint density at radius 1 is 0.950 bits per heavy atom. The summed E-state index contributed by atoms with van der Waals surface area (Å²) >= 11 is 0. The Morgan fingerprint density at radius 2 is 1.35 bits per heavy atom. The van der Waals surface area contributed by atoms with Gasteiger partial charge in [0.05, 0.1) is 5.56 Å². The maximum Gasteiger partial charge on any atom is 0.339 e. The van der Waals surface area contributed by atoms with Gasteiger partial charge in [-0.2, -0.15) is 0 Å². The first-order chi connectivity index (χ1) is 9.09. The summed E-state index contributed by atoms with van der Waals surface area (Å²) in [6.07, 6.45) is 0. The van der Waals surface area contributed by atoms with Crippen LogP contribution in [0.25, 0.3) is 0 Å². The van der Waals surface area contributed by atoms with Gasteiger partial charge in [0.2, 0.25) is 5.91 Å². The number of nitrogens with two attached hydrogens (primary N) is 1. The number of Topliss-reactive ketones (excluding diaryl/α,β-unsaturated/α-hetero) is 2. The van der Waals surface area contributed by atoms with Crippen molar-refractivity contribution >= 4 is 23.4 Å². The van der Waals surface area contributed by atoms with Gasteiger partial charge < -0.3 is 15.9 Å². The number of hydrogen-bond donors (Lipinski definition) is 3. The lowest BCUT2D eigenvalue weighted by Gasteiger charge is -2.08. The van der Waals surface area contributed by atoms with E-state index in [9.17, 15) is 24.3 Å². The highest BCUT2D eigenvalue weighted by Gasteiger charge is 2.21. The van der Waals surface area contributed by atoms with E-state index in [1.807, 2.05) is 0 Å². The van der Waals surface area contributed by atoms with Crippen LogP contribution >= 0.6 is 0 Å². The van der Waals surface area contributed by atoms with E-state index in [-0.39, 0.29) is 17.0 Å². The van der Waals surface area contributed by atoms with Crippen LogP contribution in [0.4, 0.5) is 0 Å². The van der Waals surface area contributed by atoms with Crippen molar-refractivity contribution in [3.05, 3.63) is 28.8 Å². The van der Waals surface area contributed by atoms with E-state index in [4.69, 9.17) is 5.11 Å². The molecule has 0 fully saturated rings. The highest BCUT2D eigenvalue weighted by Crippen LogP contribution is 2.27. The predicted octanol–water partition coefficient (Wildman–Crippen LogP) is 0.987. The summed E-state index contributed by atoms with van der Waals surface area (Å²) in [5.74, 6) is -3.30. The van der Waals surface area contributed by atoms with E-state index >= 15 is 0 Å². The molecule has 108 valence electrons. The molecule has 4 N–H and O–H groups in total. The fourth-order valence-electron chi connectivity index (χ4n) is 1.41. The Morgan fingerprint density at radius 3 is 1.65 bits per heavy atom. The van der Waals surface area contributed by atoms with Crippen LogP contribution in [0.5, 0.6) is 5.75 Å². The van der Waals surface area contributed by atoms with Crippen LogP contribution in [-0.2, 0) is 4.79 Å². The number of benzene rings is 1. The number of aromatic carboxylic acids is 1. The van der Waals surface area contributed by atoms with Crippen LogP contribution in [0, 0.1) is 0 Å².